The molecule has 0 unspecified atom stereocenters. The second-order valence-corrected chi connectivity index (χ2v) is 8.92. The maximum Gasteiger partial charge on any atom is 0.349 e. The highest BCUT2D eigenvalue weighted by Crippen LogP contribution is 2.20. The average molecular weight is 428 g/mol. The van der Waals surface area contributed by atoms with Crippen molar-refractivity contribution in [3.8, 4) is 0 Å². The van der Waals surface area contributed by atoms with E-state index in [4.69, 9.17) is 9.15 Å². The lowest BCUT2D eigenvalue weighted by Crippen LogP contribution is -2.40. The molecule has 1 amide bonds. The number of sulfonamides is 1. The van der Waals surface area contributed by atoms with E-state index in [1.807, 2.05) is 19.1 Å². The highest BCUT2D eigenvalue weighted by molar-refractivity contribution is 7.89. The number of ether oxygens (including phenoxy) is 1. The number of hydrogen-bond acceptors (Lipinski definition) is 6. The Labute approximate surface area is 173 Å². The molecule has 30 heavy (non-hydrogen) atoms. The fourth-order valence-electron chi connectivity index (χ4n) is 3.25. The van der Waals surface area contributed by atoms with Crippen LogP contribution in [0.4, 0.5) is 5.69 Å². The number of amides is 1. The second-order valence-electron chi connectivity index (χ2n) is 6.98. The topological polar surface area (TPSA) is 106 Å². The van der Waals surface area contributed by atoms with Gasteiger partial charge in [-0.2, -0.15) is 4.31 Å². The van der Waals surface area contributed by atoms with E-state index in [9.17, 15) is 18.0 Å². The van der Waals surface area contributed by atoms with Crippen molar-refractivity contribution in [1.29, 1.82) is 0 Å². The van der Waals surface area contributed by atoms with Crippen molar-refractivity contribution < 1.29 is 22.4 Å². The number of fused-ring (bicyclic) bond motifs is 1. The zero-order valence-corrected chi connectivity index (χ0v) is 17.1. The predicted octanol–water partition coefficient (Wildman–Crippen LogP) is 2.37. The quantitative estimate of drug-likeness (QED) is 0.640. The molecule has 9 heteroatoms. The lowest BCUT2D eigenvalue weighted by molar-refractivity contribution is 0.0730. The molecule has 1 saturated heterocycles. The molecule has 8 nitrogen and oxygen atoms in total. The Kier molecular flexibility index (Phi) is 5.42. The smallest absolute Gasteiger partial charge is 0.349 e. The number of benzene rings is 2. The number of aryl methyl sites for hydroxylation is 1. The van der Waals surface area contributed by atoms with Gasteiger partial charge in [-0.3, -0.25) is 4.79 Å². The molecule has 1 N–H and O–H groups in total. The third-order valence-electron chi connectivity index (χ3n) is 4.85. The first-order chi connectivity index (χ1) is 14.3. The molecule has 0 saturated carbocycles. The van der Waals surface area contributed by atoms with Gasteiger partial charge in [-0.15, -0.1) is 0 Å². The lowest BCUT2D eigenvalue weighted by Gasteiger charge is -2.26. The van der Waals surface area contributed by atoms with Crippen LogP contribution in [0.25, 0.3) is 11.0 Å². The third-order valence-corrected chi connectivity index (χ3v) is 6.77. The summed E-state index contributed by atoms with van der Waals surface area (Å²) in [7, 11) is -3.62. The molecule has 1 aliphatic rings. The fourth-order valence-corrected chi connectivity index (χ4v) is 4.65. The zero-order valence-electron chi connectivity index (χ0n) is 16.3. The van der Waals surface area contributed by atoms with Crippen molar-refractivity contribution in [2.45, 2.75) is 11.8 Å². The Morgan fingerprint density at radius 2 is 1.73 bits per heavy atom. The van der Waals surface area contributed by atoms with Crippen molar-refractivity contribution >= 4 is 32.6 Å². The maximum atomic E-state index is 12.7. The Hall–Kier alpha value is -3.01. The SMILES string of the molecule is Cc1ccc2oc(=O)c(C(=O)Nc3ccc(S(=O)(=O)N4CCOCC4)cc3)cc2c1. The van der Waals surface area contributed by atoms with Crippen LogP contribution < -0.4 is 10.9 Å². The molecule has 1 aromatic heterocycles. The maximum absolute atomic E-state index is 12.7. The summed E-state index contributed by atoms with van der Waals surface area (Å²) < 4.78 is 37.1. The van der Waals surface area contributed by atoms with E-state index in [1.54, 1.807) is 6.07 Å². The molecule has 1 fully saturated rings. The van der Waals surface area contributed by atoms with Gasteiger partial charge >= 0.3 is 5.63 Å². The van der Waals surface area contributed by atoms with Gasteiger partial charge < -0.3 is 14.5 Å². The van der Waals surface area contributed by atoms with Crippen LogP contribution in [-0.2, 0) is 14.8 Å². The van der Waals surface area contributed by atoms with Crippen LogP contribution in [0, 0.1) is 6.92 Å². The number of carbonyl (C=O) groups is 1. The van der Waals surface area contributed by atoms with Crippen LogP contribution in [-0.4, -0.2) is 44.9 Å². The molecule has 0 spiro atoms. The van der Waals surface area contributed by atoms with Crippen molar-refractivity contribution in [3.63, 3.8) is 0 Å². The molecule has 0 atom stereocenters. The minimum atomic E-state index is -3.62. The van der Waals surface area contributed by atoms with Gasteiger partial charge in [-0.05, 0) is 49.4 Å². The van der Waals surface area contributed by atoms with Gasteiger partial charge in [-0.1, -0.05) is 11.6 Å². The highest BCUT2D eigenvalue weighted by Gasteiger charge is 2.26. The first-order valence-corrected chi connectivity index (χ1v) is 10.8. The van der Waals surface area contributed by atoms with Crippen LogP contribution in [0.15, 0.2) is 62.6 Å². The summed E-state index contributed by atoms with van der Waals surface area (Å²) in [5.74, 6) is -0.629. The first-order valence-electron chi connectivity index (χ1n) is 9.38. The van der Waals surface area contributed by atoms with Crippen LogP contribution >= 0.6 is 0 Å². The van der Waals surface area contributed by atoms with Gasteiger partial charge in [0.1, 0.15) is 11.1 Å². The van der Waals surface area contributed by atoms with E-state index in [0.29, 0.717) is 43.0 Å². The van der Waals surface area contributed by atoms with Gasteiger partial charge in [0.25, 0.3) is 5.91 Å². The molecular weight excluding hydrogens is 408 g/mol. The standard InChI is InChI=1S/C21H20N2O6S/c1-14-2-7-19-15(12-14)13-18(21(25)29-19)20(24)22-16-3-5-17(6-4-16)30(26,27)23-8-10-28-11-9-23/h2-7,12-13H,8-11H2,1H3,(H,22,24). The van der Waals surface area contributed by atoms with Crippen molar-refractivity contribution in [2.24, 2.45) is 0 Å². The number of carbonyl (C=O) groups excluding carboxylic acids is 1. The van der Waals surface area contributed by atoms with Crippen molar-refractivity contribution in [2.75, 3.05) is 31.6 Å². The van der Waals surface area contributed by atoms with E-state index in [-0.39, 0.29) is 10.5 Å². The molecule has 2 aromatic carbocycles. The number of rotatable bonds is 4. The van der Waals surface area contributed by atoms with E-state index in [0.717, 1.165) is 5.56 Å². The summed E-state index contributed by atoms with van der Waals surface area (Å²) in [4.78, 5) is 24.9. The predicted molar refractivity (Wildman–Crippen MR) is 111 cm³/mol. The lowest BCUT2D eigenvalue weighted by atomic mass is 10.1. The van der Waals surface area contributed by atoms with Crippen molar-refractivity contribution in [3.05, 3.63) is 70.1 Å². The van der Waals surface area contributed by atoms with E-state index >= 15 is 0 Å². The van der Waals surface area contributed by atoms with Gasteiger partial charge in [0, 0.05) is 24.2 Å². The second kappa shape index (κ2) is 8.02. The summed E-state index contributed by atoms with van der Waals surface area (Å²) in [6, 6.07) is 12.6. The normalized spacial score (nSPS) is 15.2. The number of nitrogens with one attached hydrogen (secondary N) is 1. The molecule has 0 radical (unpaired) electrons. The van der Waals surface area contributed by atoms with Crippen LogP contribution in [0.1, 0.15) is 15.9 Å². The summed E-state index contributed by atoms with van der Waals surface area (Å²) in [6.07, 6.45) is 0. The monoisotopic (exact) mass is 428 g/mol. The van der Waals surface area contributed by atoms with Gasteiger partial charge in [0.05, 0.1) is 18.1 Å². The molecule has 0 aliphatic carbocycles. The molecule has 0 bridgehead atoms. The van der Waals surface area contributed by atoms with E-state index in [1.165, 1.54) is 34.6 Å². The van der Waals surface area contributed by atoms with Gasteiger partial charge in [0.15, 0.2) is 0 Å². The summed E-state index contributed by atoms with van der Waals surface area (Å²) in [6.45, 7) is 3.23. The highest BCUT2D eigenvalue weighted by atomic mass is 32.2. The molecule has 2 heterocycles. The zero-order chi connectivity index (χ0) is 21.3. The van der Waals surface area contributed by atoms with Crippen molar-refractivity contribution in [1.82, 2.24) is 4.31 Å². The van der Waals surface area contributed by atoms with E-state index < -0.39 is 21.6 Å². The van der Waals surface area contributed by atoms with Gasteiger partial charge in [0.2, 0.25) is 10.0 Å². The van der Waals surface area contributed by atoms with Crippen LogP contribution in [0.5, 0.6) is 0 Å². The van der Waals surface area contributed by atoms with Crippen LogP contribution in [0.2, 0.25) is 0 Å². The Balaban J connectivity index is 1.55. The molecule has 156 valence electrons. The Morgan fingerprint density at radius 3 is 2.43 bits per heavy atom. The molecule has 3 aromatic rings. The number of hydrogen-bond donors (Lipinski definition) is 1. The largest absolute Gasteiger partial charge is 0.422 e. The number of anilines is 1. The first kappa shape index (κ1) is 20.3. The third kappa shape index (κ3) is 4.00. The molecular formula is C21H20N2O6S. The Morgan fingerprint density at radius 1 is 1.03 bits per heavy atom. The Bertz CT molecular complexity index is 1260. The van der Waals surface area contributed by atoms with Crippen LogP contribution in [0.3, 0.4) is 0 Å². The minimum Gasteiger partial charge on any atom is -0.422 e. The molecule has 1 aliphatic heterocycles. The fraction of sp³-hybridized carbons (Fsp3) is 0.238. The van der Waals surface area contributed by atoms with Gasteiger partial charge in [-0.25, -0.2) is 13.2 Å². The molecule has 4 rings (SSSR count). The summed E-state index contributed by atoms with van der Waals surface area (Å²) >= 11 is 0. The minimum absolute atomic E-state index is 0.127. The van der Waals surface area contributed by atoms with E-state index in [2.05, 4.69) is 5.32 Å². The summed E-state index contributed by atoms with van der Waals surface area (Å²) in [5.41, 5.74) is 0.873. The average Bonchev–Trinajstić information content (AvgIpc) is 2.74. The summed E-state index contributed by atoms with van der Waals surface area (Å²) in [5, 5.41) is 3.25. The number of morpholine rings is 1. The number of nitrogens with zero attached hydrogens (tertiary/aromatic N) is 1.